The summed E-state index contributed by atoms with van der Waals surface area (Å²) in [5.74, 6) is 1.00. The zero-order valence-corrected chi connectivity index (χ0v) is 9.78. The molecule has 0 bridgehead atoms. The predicted octanol–water partition coefficient (Wildman–Crippen LogP) is 1.48. The molecule has 0 unspecified atom stereocenters. The van der Waals surface area contributed by atoms with E-state index >= 15 is 0 Å². The highest BCUT2D eigenvalue weighted by atomic mass is 79.9. The van der Waals surface area contributed by atoms with Gasteiger partial charge in [-0.25, -0.2) is 9.97 Å². The molecular weight excluding hydrogens is 248 g/mol. The lowest BCUT2D eigenvalue weighted by molar-refractivity contribution is 0.0685. The average molecular weight is 261 g/mol. The standard InChI is InChI=1S/C9H13BrN2O2/c1-9(2,13)8-11-5-7(6-12-8)14-4-3-10/h5-6,13H,3-4H2,1-2H3. The first-order valence-electron chi connectivity index (χ1n) is 4.27. The summed E-state index contributed by atoms with van der Waals surface area (Å²) in [6.45, 7) is 3.86. The normalized spacial score (nSPS) is 11.4. The Kier molecular flexibility index (Phi) is 3.83. The number of alkyl halides is 1. The Bertz CT molecular complexity index is 282. The molecular formula is C9H13BrN2O2. The number of hydrogen-bond acceptors (Lipinski definition) is 4. The summed E-state index contributed by atoms with van der Waals surface area (Å²) in [5, 5.41) is 10.3. The van der Waals surface area contributed by atoms with Crippen LogP contribution in [0, 0.1) is 0 Å². The van der Waals surface area contributed by atoms with Gasteiger partial charge in [-0.1, -0.05) is 15.9 Å². The van der Waals surface area contributed by atoms with Crippen molar-refractivity contribution in [3.8, 4) is 5.75 Å². The molecule has 1 rings (SSSR count). The van der Waals surface area contributed by atoms with E-state index in [0.717, 1.165) is 5.33 Å². The van der Waals surface area contributed by atoms with Crippen LogP contribution in [-0.2, 0) is 5.60 Å². The Morgan fingerprint density at radius 3 is 2.43 bits per heavy atom. The molecule has 14 heavy (non-hydrogen) atoms. The number of rotatable bonds is 4. The molecule has 1 aromatic heterocycles. The van der Waals surface area contributed by atoms with Crippen LogP contribution in [0.25, 0.3) is 0 Å². The summed E-state index contributed by atoms with van der Waals surface area (Å²) in [7, 11) is 0. The molecule has 0 aliphatic heterocycles. The second kappa shape index (κ2) is 4.70. The van der Waals surface area contributed by atoms with E-state index in [-0.39, 0.29) is 0 Å². The van der Waals surface area contributed by atoms with Gasteiger partial charge in [0.25, 0.3) is 0 Å². The highest BCUT2D eigenvalue weighted by Gasteiger charge is 2.18. The lowest BCUT2D eigenvalue weighted by Crippen LogP contribution is -2.19. The Labute approximate surface area is 91.5 Å². The minimum atomic E-state index is -1.01. The van der Waals surface area contributed by atoms with Gasteiger partial charge in [-0.2, -0.15) is 0 Å². The predicted molar refractivity (Wildman–Crippen MR) is 56.6 cm³/mol. The van der Waals surface area contributed by atoms with E-state index in [1.165, 1.54) is 0 Å². The van der Waals surface area contributed by atoms with Gasteiger partial charge in [0.15, 0.2) is 11.6 Å². The van der Waals surface area contributed by atoms with Crippen molar-refractivity contribution >= 4 is 15.9 Å². The van der Waals surface area contributed by atoms with Crippen molar-refractivity contribution in [2.24, 2.45) is 0 Å². The molecule has 78 valence electrons. The number of aromatic nitrogens is 2. The lowest BCUT2D eigenvalue weighted by Gasteiger charge is -2.14. The Hall–Kier alpha value is -0.680. The molecule has 0 spiro atoms. The molecule has 0 aliphatic carbocycles. The van der Waals surface area contributed by atoms with E-state index in [4.69, 9.17) is 4.74 Å². The molecule has 1 aromatic rings. The Morgan fingerprint density at radius 1 is 1.43 bits per heavy atom. The van der Waals surface area contributed by atoms with E-state index < -0.39 is 5.60 Å². The average Bonchev–Trinajstić information content (AvgIpc) is 2.14. The SMILES string of the molecule is CC(C)(O)c1ncc(OCCBr)cn1. The van der Waals surface area contributed by atoms with Crippen LogP contribution in [0.4, 0.5) is 0 Å². The van der Waals surface area contributed by atoms with Gasteiger partial charge in [-0.3, -0.25) is 0 Å². The van der Waals surface area contributed by atoms with Crippen LogP contribution in [0.3, 0.4) is 0 Å². The van der Waals surface area contributed by atoms with Crippen LogP contribution in [-0.4, -0.2) is 27.0 Å². The van der Waals surface area contributed by atoms with Gasteiger partial charge >= 0.3 is 0 Å². The molecule has 0 saturated heterocycles. The molecule has 0 radical (unpaired) electrons. The van der Waals surface area contributed by atoms with Gasteiger partial charge < -0.3 is 9.84 Å². The maximum absolute atomic E-state index is 9.58. The number of halogens is 1. The Balaban J connectivity index is 2.69. The van der Waals surface area contributed by atoms with Crippen molar-refractivity contribution in [3.63, 3.8) is 0 Å². The third-order valence-electron chi connectivity index (χ3n) is 1.52. The number of hydrogen-bond donors (Lipinski definition) is 1. The van der Waals surface area contributed by atoms with Gasteiger partial charge in [0.1, 0.15) is 5.60 Å². The first-order chi connectivity index (χ1) is 6.54. The largest absolute Gasteiger partial charge is 0.489 e. The van der Waals surface area contributed by atoms with Crippen LogP contribution in [0.15, 0.2) is 12.4 Å². The molecule has 0 amide bonds. The molecule has 0 aliphatic rings. The van der Waals surface area contributed by atoms with Crippen molar-refractivity contribution in [1.29, 1.82) is 0 Å². The lowest BCUT2D eigenvalue weighted by atomic mass is 10.1. The third-order valence-corrected chi connectivity index (χ3v) is 1.84. The maximum atomic E-state index is 9.58. The summed E-state index contributed by atoms with van der Waals surface area (Å²) in [5.41, 5.74) is -1.01. The van der Waals surface area contributed by atoms with Gasteiger partial charge in [-0.15, -0.1) is 0 Å². The summed E-state index contributed by atoms with van der Waals surface area (Å²) in [6, 6.07) is 0. The summed E-state index contributed by atoms with van der Waals surface area (Å²) in [4.78, 5) is 8.00. The van der Waals surface area contributed by atoms with E-state index in [1.54, 1.807) is 26.2 Å². The summed E-state index contributed by atoms with van der Waals surface area (Å²) in [6.07, 6.45) is 3.12. The summed E-state index contributed by atoms with van der Waals surface area (Å²) >= 11 is 3.25. The van der Waals surface area contributed by atoms with Crippen LogP contribution < -0.4 is 4.74 Å². The topological polar surface area (TPSA) is 55.2 Å². The molecule has 1 heterocycles. The molecule has 1 N–H and O–H groups in total. The zero-order chi connectivity index (χ0) is 10.6. The van der Waals surface area contributed by atoms with Crippen LogP contribution in [0.5, 0.6) is 5.75 Å². The van der Waals surface area contributed by atoms with E-state index in [2.05, 4.69) is 25.9 Å². The first-order valence-corrected chi connectivity index (χ1v) is 5.40. The summed E-state index contributed by atoms with van der Waals surface area (Å²) < 4.78 is 5.27. The van der Waals surface area contributed by atoms with Gasteiger partial charge in [-0.05, 0) is 13.8 Å². The van der Waals surface area contributed by atoms with Crippen LogP contribution in [0.1, 0.15) is 19.7 Å². The fourth-order valence-electron chi connectivity index (χ4n) is 0.863. The molecule has 5 heteroatoms. The van der Waals surface area contributed by atoms with Crippen LogP contribution in [0.2, 0.25) is 0 Å². The van der Waals surface area contributed by atoms with Crippen molar-refractivity contribution in [1.82, 2.24) is 9.97 Å². The monoisotopic (exact) mass is 260 g/mol. The van der Waals surface area contributed by atoms with Crippen molar-refractivity contribution in [3.05, 3.63) is 18.2 Å². The van der Waals surface area contributed by atoms with Crippen molar-refractivity contribution < 1.29 is 9.84 Å². The highest BCUT2D eigenvalue weighted by molar-refractivity contribution is 9.09. The van der Waals surface area contributed by atoms with Crippen LogP contribution >= 0.6 is 15.9 Å². The zero-order valence-electron chi connectivity index (χ0n) is 8.20. The fraction of sp³-hybridized carbons (Fsp3) is 0.556. The smallest absolute Gasteiger partial charge is 0.159 e. The van der Waals surface area contributed by atoms with E-state index in [0.29, 0.717) is 18.2 Å². The quantitative estimate of drug-likeness (QED) is 0.834. The van der Waals surface area contributed by atoms with Gasteiger partial charge in [0.2, 0.25) is 0 Å². The molecule has 0 fully saturated rings. The van der Waals surface area contributed by atoms with Gasteiger partial charge in [0.05, 0.1) is 19.0 Å². The van der Waals surface area contributed by atoms with Crippen molar-refractivity contribution in [2.45, 2.75) is 19.4 Å². The van der Waals surface area contributed by atoms with Gasteiger partial charge in [0, 0.05) is 5.33 Å². The fourth-order valence-corrected chi connectivity index (χ4v) is 1.02. The molecule has 0 atom stereocenters. The molecule has 4 nitrogen and oxygen atoms in total. The second-order valence-corrected chi connectivity index (χ2v) is 4.13. The maximum Gasteiger partial charge on any atom is 0.159 e. The van der Waals surface area contributed by atoms with Crippen molar-refractivity contribution in [2.75, 3.05) is 11.9 Å². The minimum Gasteiger partial charge on any atom is -0.489 e. The van der Waals surface area contributed by atoms with E-state index in [9.17, 15) is 5.11 Å². The molecule has 0 saturated carbocycles. The number of nitrogens with zero attached hydrogens (tertiary/aromatic N) is 2. The van der Waals surface area contributed by atoms with E-state index in [1.807, 2.05) is 0 Å². The minimum absolute atomic E-state index is 0.392. The number of aliphatic hydroxyl groups is 1. The Morgan fingerprint density at radius 2 is 2.00 bits per heavy atom. The first kappa shape index (κ1) is 11.4. The third kappa shape index (κ3) is 3.23. The second-order valence-electron chi connectivity index (χ2n) is 3.34. The highest BCUT2D eigenvalue weighted by Crippen LogP contribution is 2.16. The molecule has 0 aromatic carbocycles. The number of ether oxygens (including phenoxy) is 1.